The van der Waals surface area contributed by atoms with E-state index in [1.165, 1.54) is 0 Å². The summed E-state index contributed by atoms with van der Waals surface area (Å²) in [5.74, 6) is 0. The maximum Gasteiger partial charge on any atom is 0.108 e. The summed E-state index contributed by atoms with van der Waals surface area (Å²) in [5, 5.41) is 14.2. The largest absolute Gasteiger partial charge is 0.385 e. The predicted molar refractivity (Wildman–Crippen MR) is 87.4 cm³/mol. The molecule has 0 unspecified atom stereocenters. The molecule has 1 atom stereocenters. The van der Waals surface area contributed by atoms with E-state index in [0.29, 0.717) is 17.3 Å². The lowest BCUT2D eigenvalue weighted by atomic mass is 10.1. The number of rotatable bonds is 4. The highest BCUT2D eigenvalue weighted by molar-refractivity contribution is 6.33. The summed E-state index contributed by atoms with van der Waals surface area (Å²) in [6.45, 7) is 6.65. The van der Waals surface area contributed by atoms with Crippen molar-refractivity contribution in [2.24, 2.45) is 0 Å². The SMILES string of the molecule is CC(C)(C)NC[C@@H](O)c1cccc(-c2ccccc2Cl)n1. The van der Waals surface area contributed by atoms with Crippen LogP contribution >= 0.6 is 11.6 Å². The van der Waals surface area contributed by atoms with Gasteiger partial charge in [-0.2, -0.15) is 0 Å². The van der Waals surface area contributed by atoms with E-state index in [-0.39, 0.29) is 5.54 Å². The van der Waals surface area contributed by atoms with E-state index in [9.17, 15) is 5.11 Å². The van der Waals surface area contributed by atoms with E-state index in [2.05, 4.69) is 31.1 Å². The van der Waals surface area contributed by atoms with Crippen molar-refractivity contribution >= 4 is 11.6 Å². The van der Waals surface area contributed by atoms with Crippen molar-refractivity contribution in [3.8, 4) is 11.3 Å². The number of β-amino-alcohol motifs (C(OH)–C–C–N with tert-alkyl or cyclic N) is 1. The van der Waals surface area contributed by atoms with Crippen LogP contribution in [0.25, 0.3) is 11.3 Å². The third-order valence-corrected chi connectivity index (χ3v) is 3.42. The molecular weight excluding hydrogens is 284 g/mol. The van der Waals surface area contributed by atoms with Gasteiger partial charge in [0.25, 0.3) is 0 Å². The lowest BCUT2D eigenvalue weighted by molar-refractivity contribution is 0.159. The van der Waals surface area contributed by atoms with Gasteiger partial charge in [0.15, 0.2) is 0 Å². The van der Waals surface area contributed by atoms with Crippen molar-refractivity contribution < 1.29 is 5.11 Å². The molecule has 112 valence electrons. The van der Waals surface area contributed by atoms with Gasteiger partial charge < -0.3 is 10.4 Å². The van der Waals surface area contributed by atoms with Crippen LogP contribution in [0.4, 0.5) is 0 Å². The van der Waals surface area contributed by atoms with Crippen molar-refractivity contribution in [2.45, 2.75) is 32.4 Å². The maximum absolute atomic E-state index is 10.3. The van der Waals surface area contributed by atoms with Gasteiger partial charge >= 0.3 is 0 Å². The second-order valence-corrected chi connectivity index (χ2v) is 6.48. The van der Waals surface area contributed by atoms with Crippen LogP contribution in [0.5, 0.6) is 0 Å². The van der Waals surface area contributed by atoms with Gasteiger partial charge in [0.05, 0.1) is 11.4 Å². The molecule has 21 heavy (non-hydrogen) atoms. The fourth-order valence-electron chi connectivity index (χ4n) is 1.96. The van der Waals surface area contributed by atoms with Gasteiger partial charge in [-0.1, -0.05) is 35.9 Å². The Kier molecular flexibility index (Phi) is 4.99. The molecule has 0 aliphatic rings. The van der Waals surface area contributed by atoms with Gasteiger partial charge in [0, 0.05) is 22.7 Å². The van der Waals surface area contributed by atoms with E-state index < -0.39 is 6.10 Å². The number of aromatic nitrogens is 1. The lowest BCUT2D eigenvalue weighted by Gasteiger charge is -2.22. The number of nitrogens with zero attached hydrogens (tertiary/aromatic N) is 1. The molecule has 1 aromatic heterocycles. The Morgan fingerprint density at radius 3 is 2.52 bits per heavy atom. The Labute approximate surface area is 131 Å². The van der Waals surface area contributed by atoms with Crippen molar-refractivity contribution in [1.29, 1.82) is 0 Å². The summed E-state index contributed by atoms with van der Waals surface area (Å²) in [6.07, 6.45) is -0.647. The average Bonchev–Trinajstić information content (AvgIpc) is 2.44. The zero-order valence-corrected chi connectivity index (χ0v) is 13.4. The molecule has 1 aromatic carbocycles. The number of halogens is 1. The minimum absolute atomic E-state index is 0.0403. The van der Waals surface area contributed by atoms with Crippen molar-refractivity contribution in [3.63, 3.8) is 0 Å². The maximum atomic E-state index is 10.3. The molecule has 0 saturated carbocycles. The Balaban J connectivity index is 2.20. The third kappa shape index (κ3) is 4.53. The molecule has 0 radical (unpaired) electrons. The molecule has 4 heteroatoms. The van der Waals surface area contributed by atoms with Gasteiger partial charge in [-0.3, -0.25) is 0 Å². The molecule has 0 fully saturated rings. The molecule has 3 nitrogen and oxygen atoms in total. The minimum atomic E-state index is -0.647. The Morgan fingerprint density at radius 2 is 1.86 bits per heavy atom. The number of nitrogens with one attached hydrogen (secondary N) is 1. The van der Waals surface area contributed by atoms with Gasteiger partial charge in [0.2, 0.25) is 0 Å². The molecule has 2 N–H and O–H groups in total. The van der Waals surface area contributed by atoms with E-state index in [1.807, 2.05) is 42.5 Å². The van der Waals surface area contributed by atoms with E-state index in [0.717, 1.165) is 11.3 Å². The molecule has 0 amide bonds. The Bertz CT molecular complexity index is 608. The van der Waals surface area contributed by atoms with Crippen LogP contribution in [0.3, 0.4) is 0 Å². The summed E-state index contributed by atoms with van der Waals surface area (Å²) >= 11 is 6.20. The van der Waals surface area contributed by atoms with Crippen molar-refractivity contribution in [1.82, 2.24) is 10.3 Å². The van der Waals surface area contributed by atoms with Crippen LogP contribution in [0, 0.1) is 0 Å². The Hall–Kier alpha value is -1.42. The summed E-state index contributed by atoms with van der Waals surface area (Å²) in [5.41, 5.74) is 2.25. The molecule has 2 rings (SSSR count). The van der Waals surface area contributed by atoms with E-state index >= 15 is 0 Å². The highest BCUT2D eigenvalue weighted by Gasteiger charge is 2.15. The number of aliphatic hydroxyl groups excluding tert-OH is 1. The van der Waals surface area contributed by atoms with Crippen LogP contribution < -0.4 is 5.32 Å². The smallest absolute Gasteiger partial charge is 0.108 e. The lowest BCUT2D eigenvalue weighted by Crippen LogP contribution is -2.38. The standard InChI is InChI=1S/C17H21ClN2O/c1-17(2,3)19-11-16(21)15-10-6-9-14(20-15)12-7-4-5-8-13(12)18/h4-10,16,19,21H,11H2,1-3H3/t16-/m1/s1. The minimum Gasteiger partial charge on any atom is -0.385 e. The number of hydrogen-bond acceptors (Lipinski definition) is 3. The van der Waals surface area contributed by atoms with Crippen LogP contribution in [0.1, 0.15) is 32.6 Å². The molecular formula is C17H21ClN2O. The summed E-state index contributed by atoms with van der Waals surface area (Å²) in [4.78, 5) is 4.53. The molecule has 0 aliphatic carbocycles. The Morgan fingerprint density at radius 1 is 1.14 bits per heavy atom. The first-order valence-electron chi connectivity index (χ1n) is 7.02. The third-order valence-electron chi connectivity index (χ3n) is 3.09. The first kappa shape index (κ1) is 16.0. The fourth-order valence-corrected chi connectivity index (χ4v) is 2.20. The van der Waals surface area contributed by atoms with Gasteiger partial charge in [-0.25, -0.2) is 4.98 Å². The molecule has 2 aromatic rings. The predicted octanol–water partition coefficient (Wildman–Crippen LogP) is 3.82. The van der Waals surface area contributed by atoms with Crippen molar-refractivity contribution in [2.75, 3.05) is 6.54 Å². The highest BCUT2D eigenvalue weighted by atomic mass is 35.5. The summed E-state index contributed by atoms with van der Waals surface area (Å²) < 4.78 is 0. The average molecular weight is 305 g/mol. The topological polar surface area (TPSA) is 45.1 Å². The molecule has 0 bridgehead atoms. The van der Waals surface area contributed by atoms with Crippen LogP contribution in [-0.2, 0) is 0 Å². The quantitative estimate of drug-likeness (QED) is 0.902. The van der Waals surface area contributed by atoms with E-state index in [4.69, 9.17) is 11.6 Å². The summed E-state index contributed by atoms with van der Waals surface area (Å²) in [6, 6.07) is 13.2. The number of pyridine rings is 1. The zero-order chi connectivity index (χ0) is 15.5. The second-order valence-electron chi connectivity index (χ2n) is 6.07. The van der Waals surface area contributed by atoms with Crippen LogP contribution in [0.2, 0.25) is 5.02 Å². The second kappa shape index (κ2) is 6.56. The van der Waals surface area contributed by atoms with Crippen LogP contribution in [-0.4, -0.2) is 22.2 Å². The van der Waals surface area contributed by atoms with Gasteiger partial charge in [0.1, 0.15) is 6.10 Å². The first-order valence-corrected chi connectivity index (χ1v) is 7.39. The van der Waals surface area contributed by atoms with Gasteiger partial charge in [-0.05, 0) is 39.0 Å². The normalized spacial score (nSPS) is 13.2. The fraction of sp³-hybridized carbons (Fsp3) is 0.353. The monoisotopic (exact) mass is 304 g/mol. The number of hydrogen-bond donors (Lipinski definition) is 2. The van der Waals surface area contributed by atoms with Crippen LogP contribution in [0.15, 0.2) is 42.5 Å². The number of aliphatic hydroxyl groups is 1. The number of benzene rings is 1. The highest BCUT2D eigenvalue weighted by Crippen LogP contribution is 2.26. The molecule has 0 saturated heterocycles. The summed E-state index contributed by atoms with van der Waals surface area (Å²) in [7, 11) is 0. The molecule has 0 aliphatic heterocycles. The van der Waals surface area contributed by atoms with Gasteiger partial charge in [-0.15, -0.1) is 0 Å². The molecule has 0 spiro atoms. The van der Waals surface area contributed by atoms with Crippen molar-refractivity contribution in [3.05, 3.63) is 53.2 Å². The molecule has 1 heterocycles. The zero-order valence-electron chi connectivity index (χ0n) is 12.6. The van der Waals surface area contributed by atoms with E-state index in [1.54, 1.807) is 0 Å². The first-order chi connectivity index (χ1) is 9.87.